The second-order valence-electron chi connectivity index (χ2n) is 12.3. The first-order valence-electron chi connectivity index (χ1n) is 17.1. The van der Waals surface area contributed by atoms with Gasteiger partial charge in [0.25, 0.3) is 0 Å². The van der Waals surface area contributed by atoms with Crippen molar-refractivity contribution in [1.82, 2.24) is 19.8 Å². The highest BCUT2D eigenvalue weighted by Crippen LogP contribution is 2.25. The third kappa shape index (κ3) is 15.4. The number of isocyanates is 1. The lowest BCUT2D eigenvalue weighted by atomic mass is 10.1. The van der Waals surface area contributed by atoms with E-state index in [0.29, 0.717) is 48.2 Å². The number of nitrogens with one attached hydrogen (secondary N) is 2. The number of ether oxygens (including phenoxy) is 2. The van der Waals surface area contributed by atoms with Gasteiger partial charge in [-0.15, -0.1) is 12.4 Å². The van der Waals surface area contributed by atoms with Crippen molar-refractivity contribution >= 4 is 59.1 Å². The highest BCUT2D eigenvalue weighted by atomic mass is 35.5. The number of amides is 4. The molecule has 2 saturated heterocycles. The molecule has 17 heteroatoms. The van der Waals surface area contributed by atoms with Crippen LogP contribution in [0.15, 0.2) is 90.4 Å². The minimum absolute atomic E-state index is 0. The standard InChI is InChI=1S/C19H21FN4O3.C13H17FN2O2.C6H4N2O.ClH/c1-13(25)24-7-3-5-17(12-24)27-18-9-14(20)8-16(10-18)23-19(26)22-15-4-2-6-21-11-15;1-9(17)16-4-2-3-12(8-16)18-13-6-10(14)5-11(15)7-13;9-5-8-6-2-1-3-7-4-6;/h2,4,6,8-11,17H,3,5,7,12H2,1H3,(H2,22,23,26);5-7,12H,2-4,8,15H2,1H3;1-4H;1H/t17-;12-;;/m11../s1. The van der Waals surface area contributed by atoms with Crippen LogP contribution in [-0.4, -0.2) is 82.1 Å². The van der Waals surface area contributed by atoms with E-state index in [9.17, 15) is 28.0 Å². The van der Waals surface area contributed by atoms with Crippen LogP contribution in [0.25, 0.3) is 0 Å². The molecule has 2 aliphatic heterocycles. The maximum Gasteiger partial charge on any atom is 0.323 e. The first-order valence-corrected chi connectivity index (χ1v) is 17.1. The minimum Gasteiger partial charge on any atom is -0.488 e. The van der Waals surface area contributed by atoms with Crippen LogP contribution in [0.2, 0.25) is 0 Å². The summed E-state index contributed by atoms with van der Waals surface area (Å²) in [7, 11) is 0. The predicted molar refractivity (Wildman–Crippen MR) is 205 cm³/mol. The molecule has 4 amide bonds. The number of nitrogens with two attached hydrogens (primary N) is 1. The van der Waals surface area contributed by atoms with E-state index in [-0.39, 0.29) is 42.1 Å². The summed E-state index contributed by atoms with van der Waals surface area (Å²) in [5.41, 5.74) is 7.22. The van der Waals surface area contributed by atoms with Crippen molar-refractivity contribution in [3.05, 3.63) is 97.1 Å². The van der Waals surface area contributed by atoms with Crippen LogP contribution in [0, 0.1) is 11.6 Å². The van der Waals surface area contributed by atoms with Gasteiger partial charge in [-0.05, 0) is 62.1 Å². The zero-order valence-electron chi connectivity index (χ0n) is 30.3. The molecule has 2 aromatic heterocycles. The van der Waals surface area contributed by atoms with Crippen molar-refractivity contribution in [2.75, 3.05) is 42.5 Å². The summed E-state index contributed by atoms with van der Waals surface area (Å²) in [6.07, 6.45) is 10.7. The fourth-order valence-corrected chi connectivity index (χ4v) is 5.58. The maximum atomic E-state index is 13.9. The molecule has 0 bridgehead atoms. The number of carbonyl (C=O) groups is 3. The lowest BCUT2D eigenvalue weighted by Crippen LogP contribution is -2.43. The van der Waals surface area contributed by atoms with E-state index >= 15 is 0 Å². The molecule has 0 spiro atoms. The molecular formula is C38H43ClF2N8O6. The number of hydrogen-bond donors (Lipinski definition) is 3. The zero-order valence-corrected chi connectivity index (χ0v) is 31.1. The summed E-state index contributed by atoms with van der Waals surface area (Å²) >= 11 is 0. The van der Waals surface area contributed by atoms with Gasteiger partial charge in [0.1, 0.15) is 35.3 Å². The Kier molecular flexibility index (Phi) is 17.5. The Labute approximate surface area is 323 Å². The van der Waals surface area contributed by atoms with Gasteiger partial charge in [-0.2, -0.15) is 4.99 Å². The molecule has 292 valence electrons. The normalized spacial score (nSPS) is 15.9. The summed E-state index contributed by atoms with van der Waals surface area (Å²) in [6.45, 7) is 5.55. The SMILES string of the molecule is CC(=O)N1CCC[C@@H](Oc2cc(F)cc(NC(=O)Nc3cccnc3)c2)C1.CC(=O)N1CCC[C@@H](Oc2cc(N)cc(F)c2)C1.Cl.O=C=Nc1cccnc1. The number of hydrogen-bond acceptors (Lipinski definition) is 10. The number of urea groups is 1. The minimum atomic E-state index is -0.525. The van der Waals surface area contributed by atoms with Gasteiger partial charge in [0, 0.05) is 75.0 Å². The summed E-state index contributed by atoms with van der Waals surface area (Å²) in [6, 6.07) is 14.4. The van der Waals surface area contributed by atoms with Gasteiger partial charge in [-0.25, -0.2) is 18.4 Å². The fourth-order valence-electron chi connectivity index (χ4n) is 5.58. The van der Waals surface area contributed by atoms with Crippen LogP contribution in [0.1, 0.15) is 39.5 Å². The Morgan fingerprint density at radius 3 is 1.85 bits per heavy atom. The second kappa shape index (κ2) is 22.2. The van der Waals surface area contributed by atoms with Gasteiger partial charge in [-0.1, -0.05) is 0 Å². The highest BCUT2D eigenvalue weighted by molar-refractivity contribution is 5.99. The van der Waals surface area contributed by atoms with Crippen LogP contribution in [-0.2, 0) is 14.4 Å². The number of anilines is 3. The first-order chi connectivity index (χ1) is 26.0. The molecule has 55 heavy (non-hydrogen) atoms. The largest absolute Gasteiger partial charge is 0.488 e. The summed E-state index contributed by atoms with van der Waals surface area (Å²) in [5.74, 6) is -0.170. The van der Waals surface area contributed by atoms with Gasteiger partial charge < -0.3 is 35.6 Å². The molecular weight excluding hydrogens is 738 g/mol. The Hall–Kier alpha value is -6.12. The van der Waals surface area contributed by atoms with Crippen LogP contribution in [0.4, 0.5) is 36.3 Å². The van der Waals surface area contributed by atoms with E-state index in [2.05, 4.69) is 25.6 Å². The lowest BCUT2D eigenvalue weighted by Gasteiger charge is -2.32. The second-order valence-corrected chi connectivity index (χ2v) is 12.3. The van der Waals surface area contributed by atoms with Crippen LogP contribution in [0.5, 0.6) is 11.5 Å². The summed E-state index contributed by atoms with van der Waals surface area (Å²) in [5, 5.41) is 5.18. The van der Waals surface area contributed by atoms with Crippen molar-refractivity contribution in [1.29, 1.82) is 0 Å². The van der Waals surface area contributed by atoms with E-state index in [1.54, 1.807) is 65.5 Å². The monoisotopic (exact) mass is 780 g/mol. The summed E-state index contributed by atoms with van der Waals surface area (Å²) < 4.78 is 38.6. The average Bonchev–Trinajstić information content (AvgIpc) is 3.13. The van der Waals surface area contributed by atoms with Crippen molar-refractivity contribution < 1.29 is 37.4 Å². The van der Waals surface area contributed by atoms with Crippen LogP contribution < -0.4 is 25.8 Å². The molecule has 0 unspecified atom stereocenters. The third-order valence-corrected chi connectivity index (χ3v) is 8.02. The average molecular weight is 781 g/mol. The zero-order chi connectivity index (χ0) is 38.9. The number of pyridine rings is 2. The van der Waals surface area contributed by atoms with Crippen LogP contribution in [0.3, 0.4) is 0 Å². The van der Waals surface area contributed by atoms with Crippen molar-refractivity contribution in [3.63, 3.8) is 0 Å². The number of nitrogen functional groups attached to an aromatic ring is 1. The molecule has 0 radical (unpaired) electrons. The van der Waals surface area contributed by atoms with Crippen molar-refractivity contribution in [2.45, 2.75) is 51.7 Å². The molecule has 4 N–H and O–H groups in total. The molecule has 4 heterocycles. The molecule has 2 aromatic carbocycles. The topological polar surface area (TPSA) is 181 Å². The Morgan fingerprint density at radius 1 is 0.800 bits per heavy atom. The van der Waals surface area contributed by atoms with Gasteiger partial charge >= 0.3 is 6.03 Å². The predicted octanol–water partition coefficient (Wildman–Crippen LogP) is 6.52. The smallest absolute Gasteiger partial charge is 0.323 e. The van der Waals surface area contributed by atoms with Gasteiger partial charge in [0.05, 0.1) is 36.9 Å². The molecule has 14 nitrogen and oxygen atoms in total. The van der Waals surface area contributed by atoms with Gasteiger partial charge in [-0.3, -0.25) is 19.6 Å². The maximum absolute atomic E-state index is 13.9. The van der Waals surface area contributed by atoms with Crippen LogP contribution >= 0.6 is 12.4 Å². The molecule has 0 saturated carbocycles. The molecule has 6 rings (SSSR count). The van der Waals surface area contributed by atoms with E-state index in [1.807, 2.05) is 0 Å². The van der Waals surface area contributed by atoms with Gasteiger partial charge in [0.15, 0.2) is 0 Å². The van der Waals surface area contributed by atoms with Crippen molar-refractivity contribution in [2.24, 2.45) is 4.99 Å². The van der Waals surface area contributed by atoms with E-state index in [0.717, 1.165) is 32.2 Å². The number of aliphatic imine (C=N–C) groups is 1. The Morgan fingerprint density at radius 2 is 1.35 bits per heavy atom. The fraction of sp³-hybridized carbons (Fsp3) is 0.316. The molecule has 2 atom stereocenters. The highest BCUT2D eigenvalue weighted by Gasteiger charge is 2.24. The number of carbonyl (C=O) groups excluding carboxylic acids is 4. The van der Waals surface area contributed by atoms with E-state index in [1.165, 1.54) is 49.7 Å². The number of halogens is 3. The third-order valence-electron chi connectivity index (χ3n) is 8.02. The summed E-state index contributed by atoms with van der Waals surface area (Å²) in [4.78, 5) is 59.0. The number of likely N-dealkylation sites (tertiary alicyclic amines) is 2. The molecule has 0 aliphatic carbocycles. The number of rotatable bonds is 7. The number of aromatic nitrogens is 2. The Balaban J connectivity index is 0.000000249. The van der Waals surface area contributed by atoms with E-state index in [4.69, 9.17) is 15.2 Å². The number of benzene rings is 2. The van der Waals surface area contributed by atoms with E-state index < -0.39 is 17.7 Å². The number of piperidine rings is 2. The first kappa shape index (κ1) is 43.3. The Bertz CT molecular complexity index is 1890. The molecule has 2 fully saturated rings. The molecule has 4 aromatic rings. The van der Waals surface area contributed by atoms with Gasteiger partial charge in [0.2, 0.25) is 17.9 Å². The molecule has 2 aliphatic rings. The number of nitrogens with zero attached hydrogens (tertiary/aromatic N) is 5. The lowest BCUT2D eigenvalue weighted by molar-refractivity contribution is -0.132. The van der Waals surface area contributed by atoms with Crippen molar-refractivity contribution in [3.8, 4) is 11.5 Å². The quantitative estimate of drug-likeness (QED) is 0.107.